The highest BCUT2D eigenvalue weighted by Crippen LogP contribution is 2.16. The summed E-state index contributed by atoms with van der Waals surface area (Å²) in [5.41, 5.74) is 0. The normalized spacial score (nSPS) is 23.4. The molecule has 0 saturated carbocycles. The third-order valence-electron chi connectivity index (χ3n) is 2.89. The summed E-state index contributed by atoms with van der Waals surface area (Å²) in [6, 6.07) is 4.30. The molecule has 0 spiro atoms. The van der Waals surface area contributed by atoms with Crippen molar-refractivity contribution in [1.29, 1.82) is 0 Å². The van der Waals surface area contributed by atoms with Gasteiger partial charge >= 0.3 is 0 Å². The van der Waals surface area contributed by atoms with Gasteiger partial charge in [0, 0.05) is 18.4 Å². The number of rotatable bonds is 3. The summed E-state index contributed by atoms with van der Waals surface area (Å²) in [4.78, 5) is 3.97. The number of hydrogen-bond donors (Lipinski definition) is 1. The Labute approximate surface area is 90.9 Å². The van der Waals surface area contributed by atoms with Crippen molar-refractivity contribution in [3.63, 3.8) is 0 Å². The number of nitrogens with one attached hydrogen (secondary N) is 1. The van der Waals surface area contributed by atoms with Crippen molar-refractivity contribution in [2.24, 2.45) is 0 Å². The van der Waals surface area contributed by atoms with Gasteiger partial charge in [0.15, 0.2) is 0 Å². The molecule has 0 aromatic carbocycles. The summed E-state index contributed by atoms with van der Waals surface area (Å²) in [5, 5.41) is 3.50. The number of pyridine rings is 1. The van der Waals surface area contributed by atoms with Gasteiger partial charge in [-0.2, -0.15) is 0 Å². The van der Waals surface area contributed by atoms with Crippen LogP contribution in [0, 0.1) is 0 Å². The topological polar surface area (TPSA) is 34.1 Å². The Bertz CT molecular complexity index is 283. The molecular weight excluding hydrogens is 188 g/mol. The Morgan fingerprint density at radius 3 is 2.87 bits per heavy atom. The lowest BCUT2D eigenvalue weighted by Gasteiger charge is -2.29. The highest BCUT2D eigenvalue weighted by molar-refractivity contribution is 5.17. The molecular formula is C12H18N2O. The van der Waals surface area contributed by atoms with E-state index in [0.29, 0.717) is 6.04 Å². The maximum atomic E-state index is 5.85. The van der Waals surface area contributed by atoms with E-state index < -0.39 is 0 Å². The average Bonchev–Trinajstić information content (AvgIpc) is 2.31. The zero-order valence-electron chi connectivity index (χ0n) is 9.15. The van der Waals surface area contributed by atoms with Crippen LogP contribution in [0.15, 0.2) is 24.5 Å². The van der Waals surface area contributed by atoms with E-state index >= 15 is 0 Å². The molecule has 2 rings (SSSR count). The molecule has 1 aromatic heterocycles. The molecule has 0 bridgehead atoms. The number of nitrogens with zero attached hydrogens (tertiary/aromatic N) is 1. The Kier molecular flexibility index (Phi) is 3.56. The molecule has 1 aliphatic heterocycles. The summed E-state index contributed by atoms with van der Waals surface area (Å²) >= 11 is 0. The number of ether oxygens (including phenoxy) is 1. The first kappa shape index (κ1) is 10.4. The highest BCUT2D eigenvalue weighted by atomic mass is 16.5. The smallest absolute Gasteiger partial charge is 0.122 e. The fourth-order valence-corrected chi connectivity index (χ4v) is 1.99. The zero-order chi connectivity index (χ0) is 10.5. The van der Waals surface area contributed by atoms with Gasteiger partial charge in [-0.15, -0.1) is 0 Å². The molecule has 2 atom stereocenters. The summed E-state index contributed by atoms with van der Waals surface area (Å²) in [6.07, 6.45) is 7.56. The van der Waals surface area contributed by atoms with Crippen LogP contribution in [0.3, 0.4) is 0 Å². The van der Waals surface area contributed by atoms with Gasteiger partial charge in [-0.25, -0.2) is 0 Å². The van der Waals surface area contributed by atoms with Crippen LogP contribution >= 0.6 is 0 Å². The maximum Gasteiger partial charge on any atom is 0.122 e. The van der Waals surface area contributed by atoms with Gasteiger partial charge in [-0.05, 0) is 38.4 Å². The molecule has 3 heteroatoms. The highest BCUT2D eigenvalue weighted by Gasteiger charge is 2.20. The van der Waals surface area contributed by atoms with Gasteiger partial charge < -0.3 is 10.1 Å². The van der Waals surface area contributed by atoms with E-state index in [9.17, 15) is 0 Å². The molecule has 1 aliphatic rings. The molecule has 15 heavy (non-hydrogen) atoms. The van der Waals surface area contributed by atoms with Crippen molar-refractivity contribution < 1.29 is 4.74 Å². The second-order valence-corrected chi connectivity index (χ2v) is 4.06. The molecule has 3 nitrogen and oxygen atoms in total. The van der Waals surface area contributed by atoms with Gasteiger partial charge in [-0.3, -0.25) is 4.98 Å². The molecule has 2 unspecified atom stereocenters. The fourth-order valence-electron chi connectivity index (χ4n) is 1.99. The van der Waals surface area contributed by atoms with Crippen molar-refractivity contribution >= 4 is 0 Å². The Balaban J connectivity index is 1.88. The van der Waals surface area contributed by atoms with E-state index in [1.807, 2.05) is 12.1 Å². The van der Waals surface area contributed by atoms with Gasteiger partial charge in [0.25, 0.3) is 0 Å². The van der Waals surface area contributed by atoms with E-state index in [-0.39, 0.29) is 6.10 Å². The van der Waals surface area contributed by atoms with Gasteiger partial charge in [0.1, 0.15) is 11.9 Å². The molecule has 0 aliphatic carbocycles. The third kappa shape index (κ3) is 2.93. The summed E-state index contributed by atoms with van der Waals surface area (Å²) < 4.78 is 5.85. The van der Waals surface area contributed by atoms with Crippen LogP contribution in [-0.2, 0) is 0 Å². The van der Waals surface area contributed by atoms with E-state index in [0.717, 1.165) is 12.3 Å². The second kappa shape index (κ2) is 5.12. The van der Waals surface area contributed by atoms with Crippen molar-refractivity contribution in [2.45, 2.75) is 38.3 Å². The number of aromatic nitrogens is 1. The minimum atomic E-state index is 0.229. The van der Waals surface area contributed by atoms with Crippen LogP contribution in [0.1, 0.15) is 26.2 Å². The molecule has 0 radical (unpaired) electrons. The van der Waals surface area contributed by atoms with E-state index in [2.05, 4.69) is 17.2 Å². The Morgan fingerprint density at radius 1 is 1.40 bits per heavy atom. The SMILES string of the molecule is CC(Oc1ccncc1)C1CCCCN1. The van der Waals surface area contributed by atoms with Crippen molar-refractivity contribution in [3.05, 3.63) is 24.5 Å². The third-order valence-corrected chi connectivity index (χ3v) is 2.89. The number of hydrogen-bond acceptors (Lipinski definition) is 3. The maximum absolute atomic E-state index is 5.85. The Hall–Kier alpha value is -1.09. The lowest BCUT2D eigenvalue weighted by atomic mass is 10.0. The minimum Gasteiger partial charge on any atom is -0.489 e. The van der Waals surface area contributed by atoms with Gasteiger partial charge in [0.05, 0.1) is 0 Å². The van der Waals surface area contributed by atoms with Gasteiger partial charge in [0.2, 0.25) is 0 Å². The van der Waals surface area contributed by atoms with E-state index in [1.165, 1.54) is 19.3 Å². The van der Waals surface area contributed by atoms with Crippen molar-refractivity contribution in [3.8, 4) is 5.75 Å². The second-order valence-electron chi connectivity index (χ2n) is 4.06. The molecule has 1 N–H and O–H groups in total. The number of piperidine rings is 1. The summed E-state index contributed by atoms with van der Waals surface area (Å²) in [5.74, 6) is 0.907. The molecule has 0 amide bonds. The van der Waals surface area contributed by atoms with Crippen LogP contribution in [0.4, 0.5) is 0 Å². The predicted molar refractivity (Wildman–Crippen MR) is 60.0 cm³/mol. The lowest BCUT2D eigenvalue weighted by molar-refractivity contribution is 0.152. The average molecular weight is 206 g/mol. The van der Waals surface area contributed by atoms with Crippen LogP contribution in [0.25, 0.3) is 0 Å². The van der Waals surface area contributed by atoms with Gasteiger partial charge in [-0.1, -0.05) is 6.42 Å². The van der Waals surface area contributed by atoms with Crippen LogP contribution in [0.5, 0.6) is 5.75 Å². The molecule has 2 heterocycles. The van der Waals surface area contributed by atoms with E-state index in [4.69, 9.17) is 4.74 Å². The molecule has 1 fully saturated rings. The molecule has 1 aromatic rings. The first-order valence-electron chi connectivity index (χ1n) is 5.66. The molecule has 82 valence electrons. The first-order valence-corrected chi connectivity index (χ1v) is 5.66. The largest absolute Gasteiger partial charge is 0.489 e. The van der Waals surface area contributed by atoms with Crippen LogP contribution in [-0.4, -0.2) is 23.7 Å². The fraction of sp³-hybridized carbons (Fsp3) is 0.583. The quantitative estimate of drug-likeness (QED) is 0.821. The van der Waals surface area contributed by atoms with Crippen molar-refractivity contribution in [1.82, 2.24) is 10.3 Å². The van der Waals surface area contributed by atoms with Crippen molar-refractivity contribution in [2.75, 3.05) is 6.54 Å². The standard InChI is InChI=1S/C12H18N2O/c1-10(12-4-2-3-7-14-12)15-11-5-8-13-9-6-11/h5-6,8-10,12,14H,2-4,7H2,1H3. The summed E-state index contributed by atoms with van der Waals surface area (Å²) in [7, 11) is 0. The van der Waals surface area contributed by atoms with Crippen LogP contribution in [0.2, 0.25) is 0 Å². The monoisotopic (exact) mass is 206 g/mol. The minimum absolute atomic E-state index is 0.229. The zero-order valence-corrected chi connectivity index (χ0v) is 9.15. The summed E-state index contributed by atoms with van der Waals surface area (Å²) in [6.45, 7) is 3.25. The van der Waals surface area contributed by atoms with E-state index in [1.54, 1.807) is 12.4 Å². The predicted octanol–water partition coefficient (Wildman–Crippen LogP) is 1.99. The lowest BCUT2D eigenvalue weighted by Crippen LogP contribution is -2.44. The molecule has 1 saturated heterocycles. The first-order chi connectivity index (χ1) is 7.36. The van der Waals surface area contributed by atoms with Crippen LogP contribution < -0.4 is 10.1 Å². The Morgan fingerprint density at radius 2 is 2.20 bits per heavy atom.